The molecular formula is C14H20N2. The minimum absolute atomic E-state index is 0.178. The Balaban J connectivity index is 2.54. The summed E-state index contributed by atoms with van der Waals surface area (Å²) in [4.78, 5) is 5.63. The maximum atomic E-state index is 3.50. The molecule has 0 unspecified atom stereocenters. The van der Waals surface area contributed by atoms with E-state index in [-0.39, 0.29) is 5.41 Å². The van der Waals surface area contributed by atoms with Gasteiger partial charge in [-0.1, -0.05) is 26.8 Å². The van der Waals surface area contributed by atoms with E-state index in [2.05, 4.69) is 69.0 Å². The van der Waals surface area contributed by atoms with Gasteiger partial charge < -0.3 is 9.88 Å². The molecule has 1 heterocycles. The SMILES string of the molecule is CN(C)c1ccc2cc(C(C)(C)C)[nH]c2c1. The molecular weight excluding hydrogens is 196 g/mol. The lowest BCUT2D eigenvalue weighted by Crippen LogP contribution is -2.11. The summed E-state index contributed by atoms with van der Waals surface area (Å²) in [5.74, 6) is 0. The zero-order chi connectivity index (χ0) is 11.9. The largest absolute Gasteiger partial charge is 0.378 e. The Morgan fingerprint density at radius 2 is 1.75 bits per heavy atom. The molecule has 0 spiro atoms. The van der Waals surface area contributed by atoms with E-state index in [1.807, 2.05) is 0 Å². The molecule has 0 atom stereocenters. The number of hydrogen-bond donors (Lipinski definition) is 1. The van der Waals surface area contributed by atoms with Crippen LogP contribution < -0.4 is 4.90 Å². The highest BCUT2D eigenvalue weighted by Gasteiger charge is 2.16. The molecule has 1 N–H and O–H groups in total. The smallest absolute Gasteiger partial charge is 0.0477 e. The van der Waals surface area contributed by atoms with Crippen LogP contribution in [0.2, 0.25) is 0 Å². The van der Waals surface area contributed by atoms with Gasteiger partial charge in [0.1, 0.15) is 0 Å². The fourth-order valence-electron chi connectivity index (χ4n) is 1.80. The molecule has 2 nitrogen and oxygen atoms in total. The van der Waals surface area contributed by atoms with E-state index in [1.165, 1.54) is 22.3 Å². The maximum Gasteiger partial charge on any atom is 0.0477 e. The molecule has 2 rings (SSSR count). The first-order valence-corrected chi connectivity index (χ1v) is 5.68. The molecule has 0 amide bonds. The fraction of sp³-hybridized carbons (Fsp3) is 0.429. The van der Waals surface area contributed by atoms with Crippen molar-refractivity contribution < 1.29 is 0 Å². The van der Waals surface area contributed by atoms with E-state index in [1.54, 1.807) is 0 Å². The summed E-state index contributed by atoms with van der Waals surface area (Å²) in [7, 11) is 4.13. The Hall–Kier alpha value is -1.44. The lowest BCUT2D eigenvalue weighted by atomic mass is 9.92. The van der Waals surface area contributed by atoms with Gasteiger partial charge in [0.25, 0.3) is 0 Å². The molecule has 0 aliphatic rings. The molecule has 0 aliphatic heterocycles. The zero-order valence-corrected chi connectivity index (χ0v) is 10.8. The van der Waals surface area contributed by atoms with Crippen molar-refractivity contribution in [2.75, 3.05) is 19.0 Å². The second kappa shape index (κ2) is 3.55. The molecule has 0 fully saturated rings. The highest BCUT2D eigenvalue weighted by molar-refractivity contribution is 5.84. The monoisotopic (exact) mass is 216 g/mol. The number of rotatable bonds is 1. The Morgan fingerprint density at radius 3 is 2.31 bits per heavy atom. The van der Waals surface area contributed by atoms with Gasteiger partial charge in [-0.3, -0.25) is 0 Å². The van der Waals surface area contributed by atoms with Gasteiger partial charge in [0.05, 0.1) is 0 Å². The highest BCUT2D eigenvalue weighted by atomic mass is 15.1. The van der Waals surface area contributed by atoms with E-state index in [4.69, 9.17) is 0 Å². The number of H-pyrrole nitrogens is 1. The Morgan fingerprint density at radius 1 is 1.06 bits per heavy atom. The van der Waals surface area contributed by atoms with Crippen LogP contribution in [0.5, 0.6) is 0 Å². The third-order valence-electron chi connectivity index (χ3n) is 2.93. The van der Waals surface area contributed by atoms with Gasteiger partial charge in [0.2, 0.25) is 0 Å². The van der Waals surface area contributed by atoms with Crippen molar-refractivity contribution in [3.05, 3.63) is 30.0 Å². The molecule has 86 valence electrons. The third-order valence-corrected chi connectivity index (χ3v) is 2.93. The Bertz CT molecular complexity index is 501. The first kappa shape index (κ1) is 11.1. The summed E-state index contributed by atoms with van der Waals surface area (Å²) >= 11 is 0. The third kappa shape index (κ3) is 1.92. The van der Waals surface area contributed by atoms with Crippen LogP contribution in [0.1, 0.15) is 26.5 Å². The van der Waals surface area contributed by atoms with E-state index in [0.717, 1.165) is 0 Å². The Labute approximate surface area is 97.3 Å². The van der Waals surface area contributed by atoms with Crippen LogP contribution in [0, 0.1) is 0 Å². The number of benzene rings is 1. The number of hydrogen-bond acceptors (Lipinski definition) is 1. The minimum Gasteiger partial charge on any atom is -0.378 e. The lowest BCUT2D eigenvalue weighted by molar-refractivity contribution is 0.574. The Kier molecular flexibility index (Phi) is 2.45. The summed E-state index contributed by atoms with van der Waals surface area (Å²) in [5, 5.41) is 1.29. The predicted octanol–water partition coefficient (Wildman–Crippen LogP) is 3.53. The van der Waals surface area contributed by atoms with Crippen LogP contribution in [-0.4, -0.2) is 19.1 Å². The first-order chi connectivity index (χ1) is 7.38. The average Bonchev–Trinajstić information content (AvgIpc) is 2.58. The van der Waals surface area contributed by atoms with E-state index >= 15 is 0 Å². The first-order valence-electron chi connectivity index (χ1n) is 5.68. The predicted molar refractivity (Wildman–Crippen MR) is 71.3 cm³/mol. The van der Waals surface area contributed by atoms with Gasteiger partial charge >= 0.3 is 0 Å². The number of aromatic nitrogens is 1. The van der Waals surface area contributed by atoms with E-state index < -0.39 is 0 Å². The van der Waals surface area contributed by atoms with Crippen LogP contribution in [0.25, 0.3) is 10.9 Å². The molecule has 1 aromatic heterocycles. The van der Waals surface area contributed by atoms with Crippen molar-refractivity contribution in [2.45, 2.75) is 26.2 Å². The second-order valence-electron chi connectivity index (χ2n) is 5.60. The van der Waals surface area contributed by atoms with E-state index in [9.17, 15) is 0 Å². The normalized spacial score (nSPS) is 12.1. The molecule has 0 saturated carbocycles. The van der Waals surface area contributed by atoms with Crippen molar-refractivity contribution >= 4 is 16.6 Å². The van der Waals surface area contributed by atoms with Crippen molar-refractivity contribution in [1.29, 1.82) is 0 Å². The highest BCUT2D eigenvalue weighted by Crippen LogP contribution is 2.27. The number of nitrogens with one attached hydrogen (secondary N) is 1. The number of nitrogens with zero attached hydrogens (tertiary/aromatic N) is 1. The van der Waals surface area contributed by atoms with E-state index in [0.29, 0.717) is 0 Å². The molecule has 16 heavy (non-hydrogen) atoms. The minimum atomic E-state index is 0.178. The summed E-state index contributed by atoms with van der Waals surface area (Å²) in [6.45, 7) is 6.68. The fourth-order valence-corrected chi connectivity index (χ4v) is 1.80. The van der Waals surface area contributed by atoms with Crippen molar-refractivity contribution in [3.8, 4) is 0 Å². The summed E-state index contributed by atoms with van der Waals surface area (Å²) in [5.41, 5.74) is 3.92. The van der Waals surface area contributed by atoms with Gasteiger partial charge in [0, 0.05) is 36.4 Å². The van der Waals surface area contributed by atoms with Gasteiger partial charge in [-0.15, -0.1) is 0 Å². The van der Waals surface area contributed by atoms with Gasteiger partial charge in [-0.05, 0) is 23.6 Å². The summed E-state index contributed by atoms with van der Waals surface area (Å²) in [6, 6.07) is 8.78. The van der Waals surface area contributed by atoms with Crippen molar-refractivity contribution in [3.63, 3.8) is 0 Å². The topological polar surface area (TPSA) is 19.0 Å². The van der Waals surface area contributed by atoms with Crippen LogP contribution in [0.3, 0.4) is 0 Å². The summed E-state index contributed by atoms with van der Waals surface area (Å²) in [6.07, 6.45) is 0. The molecule has 0 saturated heterocycles. The van der Waals surface area contributed by atoms with Gasteiger partial charge in [-0.25, -0.2) is 0 Å². The summed E-state index contributed by atoms with van der Waals surface area (Å²) < 4.78 is 0. The molecule has 0 radical (unpaired) electrons. The van der Waals surface area contributed by atoms with Crippen LogP contribution in [-0.2, 0) is 5.41 Å². The standard InChI is InChI=1S/C14H20N2/c1-14(2,3)13-8-10-6-7-11(16(4)5)9-12(10)15-13/h6-9,15H,1-5H3. The molecule has 2 aromatic rings. The lowest BCUT2D eigenvalue weighted by Gasteiger charge is -2.15. The number of fused-ring (bicyclic) bond motifs is 1. The van der Waals surface area contributed by atoms with Crippen LogP contribution in [0.15, 0.2) is 24.3 Å². The van der Waals surface area contributed by atoms with Crippen molar-refractivity contribution in [1.82, 2.24) is 4.98 Å². The molecule has 0 aliphatic carbocycles. The molecule has 0 bridgehead atoms. The zero-order valence-electron chi connectivity index (χ0n) is 10.8. The van der Waals surface area contributed by atoms with Crippen LogP contribution >= 0.6 is 0 Å². The second-order valence-corrected chi connectivity index (χ2v) is 5.60. The molecule has 1 aromatic carbocycles. The van der Waals surface area contributed by atoms with Crippen molar-refractivity contribution in [2.24, 2.45) is 0 Å². The van der Waals surface area contributed by atoms with Gasteiger partial charge in [-0.2, -0.15) is 0 Å². The van der Waals surface area contributed by atoms with Crippen LogP contribution in [0.4, 0.5) is 5.69 Å². The molecule has 2 heteroatoms. The average molecular weight is 216 g/mol. The van der Waals surface area contributed by atoms with Gasteiger partial charge in [0.15, 0.2) is 0 Å². The quantitative estimate of drug-likeness (QED) is 0.772. The maximum absolute atomic E-state index is 3.50. The number of anilines is 1. The number of aromatic amines is 1.